The van der Waals surface area contributed by atoms with Crippen LogP contribution in [-0.4, -0.2) is 40.7 Å². The summed E-state index contributed by atoms with van der Waals surface area (Å²) in [5, 5.41) is 8.60. The molecule has 1 aromatic heterocycles. The topological polar surface area (TPSA) is 91.4 Å². The number of aromatic nitrogens is 1. The van der Waals surface area contributed by atoms with Crippen LogP contribution >= 0.6 is 22.9 Å². The van der Waals surface area contributed by atoms with E-state index in [1.54, 1.807) is 29.2 Å². The standard InChI is InChI=1S/C24H23ClN4O3S/c1-15(30)26-20-10-6-16(7-11-20)21-14-33-24(27-21)28-22(31)18-3-2-12-29(13-18)23(32)17-4-8-19(25)9-5-17/h4-11,14,18H,2-3,12-13H2,1H3,(H,26,30)(H,27,28,31)/t18-/m0/s1. The third kappa shape index (κ3) is 5.77. The predicted molar refractivity (Wildman–Crippen MR) is 131 cm³/mol. The maximum Gasteiger partial charge on any atom is 0.253 e. The molecule has 0 spiro atoms. The van der Waals surface area contributed by atoms with Crippen molar-refractivity contribution in [2.45, 2.75) is 19.8 Å². The van der Waals surface area contributed by atoms with E-state index in [0.29, 0.717) is 34.5 Å². The first kappa shape index (κ1) is 22.9. The van der Waals surface area contributed by atoms with Crippen LogP contribution in [0.1, 0.15) is 30.1 Å². The summed E-state index contributed by atoms with van der Waals surface area (Å²) in [5.41, 5.74) is 2.91. The van der Waals surface area contributed by atoms with Crippen molar-refractivity contribution in [1.82, 2.24) is 9.88 Å². The van der Waals surface area contributed by atoms with Gasteiger partial charge in [0.25, 0.3) is 5.91 Å². The van der Waals surface area contributed by atoms with Crippen molar-refractivity contribution in [3.63, 3.8) is 0 Å². The number of nitrogens with zero attached hydrogens (tertiary/aromatic N) is 2. The van der Waals surface area contributed by atoms with Crippen molar-refractivity contribution in [3.05, 3.63) is 64.5 Å². The molecular weight excluding hydrogens is 460 g/mol. The van der Waals surface area contributed by atoms with Crippen LogP contribution < -0.4 is 10.6 Å². The Morgan fingerprint density at radius 3 is 2.48 bits per heavy atom. The lowest BCUT2D eigenvalue weighted by Gasteiger charge is -2.32. The highest BCUT2D eigenvalue weighted by molar-refractivity contribution is 7.14. The minimum absolute atomic E-state index is 0.0941. The SMILES string of the molecule is CC(=O)Nc1ccc(-c2csc(NC(=O)[C@H]3CCCN(C(=O)c4ccc(Cl)cc4)C3)n2)cc1. The van der Waals surface area contributed by atoms with Crippen LogP contribution in [0.2, 0.25) is 5.02 Å². The minimum atomic E-state index is -0.292. The summed E-state index contributed by atoms with van der Waals surface area (Å²) in [4.78, 5) is 43.1. The van der Waals surface area contributed by atoms with Crippen molar-refractivity contribution >= 4 is 51.5 Å². The van der Waals surface area contributed by atoms with Gasteiger partial charge in [-0.25, -0.2) is 4.98 Å². The number of thiazole rings is 1. The molecule has 1 aliphatic rings. The zero-order valence-electron chi connectivity index (χ0n) is 18.0. The summed E-state index contributed by atoms with van der Waals surface area (Å²) >= 11 is 7.26. The Kier molecular flexibility index (Phi) is 7.05. The van der Waals surface area contributed by atoms with E-state index in [0.717, 1.165) is 24.1 Å². The van der Waals surface area contributed by atoms with Crippen LogP contribution in [0.4, 0.5) is 10.8 Å². The summed E-state index contributed by atoms with van der Waals surface area (Å²) in [6, 6.07) is 14.1. The fourth-order valence-corrected chi connectivity index (χ4v) is 4.60. The third-order valence-electron chi connectivity index (χ3n) is 5.41. The van der Waals surface area contributed by atoms with Gasteiger partial charge >= 0.3 is 0 Å². The second kappa shape index (κ2) is 10.1. The molecule has 0 aliphatic carbocycles. The second-order valence-electron chi connectivity index (χ2n) is 7.88. The lowest BCUT2D eigenvalue weighted by atomic mass is 9.96. The Balaban J connectivity index is 1.37. The van der Waals surface area contributed by atoms with E-state index in [2.05, 4.69) is 15.6 Å². The first-order valence-electron chi connectivity index (χ1n) is 10.6. The average Bonchev–Trinajstić information content (AvgIpc) is 3.28. The lowest BCUT2D eigenvalue weighted by Crippen LogP contribution is -2.43. The molecule has 0 unspecified atom stereocenters. The maximum atomic E-state index is 12.9. The number of hydrogen-bond acceptors (Lipinski definition) is 5. The molecule has 2 heterocycles. The molecule has 170 valence electrons. The molecule has 0 radical (unpaired) electrons. The van der Waals surface area contributed by atoms with Crippen LogP contribution in [0.3, 0.4) is 0 Å². The number of carbonyl (C=O) groups is 3. The predicted octanol–water partition coefficient (Wildman–Crippen LogP) is 4.91. The molecule has 7 nitrogen and oxygen atoms in total. The van der Waals surface area contributed by atoms with Gasteiger partial charge in [0.2, 0.25) is 11.8 Å². The van der Waals surface area contributed by atoms with Gasteiger partial charge in [-0.3, -0.25) is 14.4 Å². The van der Waals surface area contributed by atoms with Gasteiger partial charge in [-0.1, -0.05) is 23.7 Å². The zero-order chi connectivity index (χ0) is 23.4. The number of hydrogen-bond donors (Lipinski definition) is 2. The molecule has 1 aliphatic heterocycles. The van der Waals surface area contributed by atoms with E-state index in [9.17, 15) is 14.4 Å². The first-order chi connectivity index (χ1) is 15.9. The van der Waals surface area contributed by atoms with E-state index in [-0.39, 0.29) is 23.6 Å². The van der Waals surface area contributed by atoms with Gasteiger partial charge in [0.1, 0.15) is 0 Å². The number of amides is 3. The van der Waals surface area contributed by atoms with Crippen LogP contribution in [0.25, 0.3) is 11.3 Å². The van der Waals surface area contributed by atoms with Crippen LogP contribution in [-0.2, 0) is 9.59 Å². The fraction of sp³-hybridized carbons (Fsp3) is 0.250. The zero-order valence-corrected chi connectivity index (χ0v) is 19.6. The minimum Gasteiger partial charge on any atom is -0.338 e. The summed E-state index contributed by atoms with van der Waals surface area (Å²) in [6.45, 7) is 2.46. The molecule has 2 N–H and O–H groups in total. The number of piperidine rings is 1. The van der Waals surface area contributed by atoms with Gasteiger partial charge in [0.05, 0.1) is 11.6 Å². The van der Waals surface area contributed by atoms with Gasteiger partial charge in [0.15, 0.2) is 5.13 Å². The largest absolute Gasteiger partial charge is 0.338 e. The molecule has 9 heteroatoms. The molecule has 0 saturated carbocycles. The number of nitrogens with one attached hydrogen (secondary N) is 2. The van der Waals surface area contributed by atoms with E-state index >= 15 is 0 Å². The van der Waals surface area contributed by atoms with Crippen LogP contribution in [0, 0.1) is 5.92 Å². The molecule has 2 aromatic carbocycles. The second-order valence-corrected chi connectivity index (χ2v) is 9.18. The van der Waals surface area contributed by atoms with Gasteiger partial charge in [-0.2, -0.15) is 0 Å². The Labute approximate surface area is 200 Å². The number of carbonyl (C=O) groups excluding carboxylic acids is 3. The number of halogens is 1. The van der Waals surface area contributed by atoms with E-state index < -0.39 is 0 Å². The molecule has 1 saturated heterocycles. The Morgan fingerprint density at radius 1 is 1.06 bits per heavy atom. The summed E-state index contributed by atoms with van der Waals surface area (Å²) in [5.74, 6) is -0.647. The number of rotatable bonds is 5. The van der Waals surface area contributed by atoms with E-state index in [1.165, 1.54) is 18.3 Å². The average molecular weight is 483 g/mol. The van der Waals surface area contributed by atoms with Crippen LogP contribution in [0.5, 0.6) is 0 Å². The number of benzene rings is 2. The quantitative estimate of drug-likeness (QED) is 0.540. The number of anilines is 2. The van der Waals surface area contributed by atoms with E-state index in [4.69, 9.17) is 11.6 Å². The highest BCUT2D eigenvalue weighted by Crippen LogP contribution is 2.27. The smallest absolute Gasteiger partial charge is 0.253 e. The molecule has 4 rings (SSSR count). The summed E-state index contributed by atoms with van der Waals surface area (Å²) in [6.07, 6.45) is 1.49. The van der Waals surface area contributed by atoms with Gasteiger partial charge in [0, 0.05) is 47.2 Å². The molecule has 3 amide bonds. The maximum absolute atomic E-state index is 12.9. The fourth-order valence-electron chi connectivity index (χ4n) is 3.75. The Hall–Kier alpha value is -3.23. The van der Waals surface area contributed by atoms with Gasteiger partial charge in [-0.05, 0) is 49.2 Å². The van der Waals surface area contributed by atoms with Crippen molar-refractivity contribution in [2.24, 2.45) is 5.92 Å². The molecule has 1 atom stereocenters. The highest BCUT2D eigenvalue weighted by Gasteiger charge is 2.29. The van der Waals surface area contributed by atoms with Gasteiger partial charge in [-0.15, -0.1) is 11.3 Å². The molecule has 0 bridgehead atoms. The molecule has 1 fully saturated rings. The van der Waals surface area contributed by atoms with Crippen molar-refractivity contribution in [3.8, 4) is 11.3 Å². The Morgan fingerprint density at radius 2 is 1.79 bits per heavy atom. The van der Waals surface area contributed by atoms with Crippen molar-refractivity contribution in [2.75, 3.05) is 23.7 Å². The molecular formula is C24H23ClN4O3S. The summed E-state index contributed by atoms with van der Waals surface area (Å²) in [7, 11) is 0. The van der Waals surface area contributed by atoms with Gasteiger partial charge < -0.3 is 15.5 Å². The van der Waals surface area contributed by atoms with Crippen LogP contribution in [0.15, 0.2) is 53.9 Å². The first-order valence-corrected chi connectivity index (χ1v) is 11.8. The highest BCUT2D eigenvalue weighted by atomic mass is 35.5. The monoisotopic (exact) mass is 482 g/mol. The summed E-state index contributed by atoms with van der Waals surface area (Å²) < 4.78 is 0. The third-order valence-corrected chi connectivity index (χ3v) is 6.42. The lowest BCUT2D eigenvalue weighted by molar-refractivity contribution is -0.121. The van der Waals surface area contributed by atoms with E-state index in [1.807, 2.05) is 29.6 Å². The molecule has 33 heavy (non-hydrogen) atoms. The number of likely N-dealkylation sites (tertiary alicyclic amines) is 1. The molecule has 3 aromatic rings. The normalized spacial score (nSPS) is 15.7. The Bertz CT molecular complexity index is 1160. The van der Waals surface area contributed by atoms with Crippen molar-refractivity contribution < 1.29 is 14.4 Å². The van der Waals surface area contributed by atoms with Crippen molar-refractivity contribution in [1.29, 1.82) is 0 Å².